The van der Waals surface area contributed by atoms with Gasteiger partial charge in [-0.3, -0.25) is 0 Å². The number of halogens is 1. The zero-order valence-corrected chi connectivity index (χ0v) is 12.6. The molecule has 0 amide bonds. The highest BCUT2D eigenvalue weighted by Crippen LogP contribution is 2.28. The highest BCUT2D eigenvalue weighted by atomic mass is 19.1. The van der Waals surface area contributed by atoms with Gasteiger partial charge in [0.25, 0.3) is 0 Å². The number of ether oxygens (including phenoxy) is 1. The first-order chi connectivity index (χ1) is 10.6. The third-order valence-corrected chi connectivity index (χ3v) is 3.39. The Balaban J connectivity index is 1.95. The molecule has 6 heteroatoms. The van der Waals surface area contributed by atoms with Crippen LogP contribution in [0.2, 0.25) is 0 Å². The molecule has 0 N–H and O–H groups in total. The van der Waals surface area contributed by atoms with Gasteiger partial charge in [0.2, 0.25) is 5.89 Å². The maximum absolute atomic E-state index is 14.0. The highest BCUT2D eigenvalue weighted by Gasteiger charge is 2.16. The average molecular weight is 301 g/mol. The van der Waals surface area contributed by atoms with Crippen LogP contribution in [0.1, 0.15) is 17.1 Å². The van der Waals surface area contributed by atoms with Gasteiger partial charge in [-0.2, -0.15) is 0 Å². The van der Waals surface area contributed by atoms with E-state index < -0.39 is 5.82 Å². The number of hydrogen-bond donors (Lipinski definition) is 0. The van der Waals surface area contributed by atoms with Crippen LogP contribution in [0, 0.1) is 19.7 Å². The van der Waals surface area contributed by atoms with Gasteiger partial charge < -0.3 is 13.7 Å². The van der Waals surface area contributed by atoms with E-state index in [1.165, 1.54) is 13.2 Å². The lowest BCUT2D eigenvalue weighted by Gasteiger charge is -2.02. The number of hydrogen-bond acceptors (Lipinski definition) is 4. The van der Waals surface area contributed by atoms with Crippen LogP contribution in [0.4, 0.5) is 4.39 Å². The molecule has 0 bridgehead atoms. The molecule has 0 aliphatic carbocycles. The van der Waals surface area contributed by atoms with Crippen molar-refractivity contribution in [2.45, 2.75) is 20.4 Å². The van der Waals surface area contributed by atoms with E-state index in [-0.39, 0.29) is 11.5 Å². The molecular weight excluding hydrogens is 285 g/mol. The van der Waals surface area contributed by atoms with Crippen molar-refractivity contribution in [1.82, 2.24) is 14.5 Å². The Morgan fingerprint density at radius 2 is 2.14 bits per heavy atom. The first-order valence-corrected chi connectivity index (χ1v) is 6.85. The number of benzene rings is 1. The van der Waals surface area contributed by atoms with E-state index in [0.29, 0.717) is 18.1 Å². The Morgan fingerprint density at radius 3 is 2.82 bits per heavy atom. The van der Waals surface area contributed by atoms with Crippen LogP contribution in [0.3, 0.4) is 0 Å². The van der Waals surface area contributed by atoms with E-state index in [1.807, 2.05) is 24.6 Å². The fourth-order valence-corrected chi connectivity index (χ4v) is 2.22. The zero-order chi connectivity index (χ0) is 15.7. The summed E-state index contributed by atoms with van der Waals surface area (Å²) in [6.07, 6.45) is 3.65. The molecule has 2 aromatic heterocycles. The summed E-state index contributed by atoms with van der Waals surface area (Å²) in [6, 6.07) is 4.47. The molecule has 0 saturated carbocycles. The van der Waals surface area contributed by atoms with Crippen molar-refractivity contribution in [2.24, 2.45) is 0 Å². The Kier molecular flexibility index (Phi) is 3.66. The van der Waals surface area contributed by atoms with Gasteiger partial charge in [0.05, 0.1) is 31.2 Å². The summed E-state index contributed by atoms with van der Waals surface area (Å²) in [5.74, 6) is 1.07. The first-order valence-electron chi connectivity index (χ1n) is 6.85. The summed E-state index contributed by atoms with van der Waals surface area (Å²) in [4.78, 5) is 8.58. The van der Waals surface area contributed by atoms with Crippen LogP contribution in [0.15, 0.2) is 35.1 Å². The summed E-state index contributed by atoms with van der Waals surface area (Å²) < 4.78 is 26.6. The van der Waals surface area contributed by atoms with Crippen LogP contribution in [-0.4, -0.2) is 21.6 Å². The molecule has 0 fully saturated rings. The van der Waals surface area contributed by atoms with Crippen molar-refractivity contribution in [1.29, 1.82) is 0 Å². The summed E-state index contributed by atoms with van der Waals surface area (Å²) in [5.41, 5.74) is 1.96. The van der Waals surface area contributed by atoms with Gasteiger partial charge in [0.1, 0.15) is 23.0 Å². The minimum Gasteiger partial charge on any atom is -0.497 e. The standard InChI is InChI=1S/C16H16FN3O2/c1-10-7-20(9-18-10)8-15-11(2)22-16(19-15)13-6-12(21-3)4-5-14(13)17/h4-7,9H,8H2,1-3H3. The first kappa shape index (κ1) is 14.3. The lowest BCUT2D eigenvalue weighted by Crippen LogP contribution is -1.98. The lowest BCUT2D eigenvalue weighted by atomic mass is 10.2. The van der Waals surface area contributed by atoms with E-state index in [1.54, 1.807) is 18.5 Å². The Hall–Kier alpha value is -2.63. The molecule has 5 nitrogen and oxygen atoms in total. The highest BCUT2D eigenvalue weighted by molar-refractivity contribution is 5.57. The molecule has 0 aliphatic heterocycles. The summed E-state index contributed by atoms with van der Waals surface area (Å²) >= 11 is 0. The summed E-state index contributed by atoms with van der Waals surface area (Å²) in [5, 5.41) is 0. The Labute approximate surface area is 127 Å². The van der Waals surface area contributed by atoms with Crippen LogP contribution in [0.5, 0.6) is 5.75 Å². The van der Waals surface area contributed by atoms with E-state index in [9.17, 15) is 4.39 Å². The molecule has 0 saturated heterocycles. The minimum atomic E-state index is -0.396. The van der Waals surface area contributed by atoms with Crippen molar-refractivity contribution in [3.05, 3.63) is 53.7 Å². The second-order valence-corrected chi connectivity index (χ2v) is 5.06. The van der Waals surface area contributed by atoms with Crippen LogP contribution >= 0.6 is 0 Å². The molecular formula is C16H16FN3O2. The van der Waals surface area contributed by atoms with Crippen LogP contribution in [0.25, 0.3) is 11.5 Å². The Bertz CT molecular complexity index is 808. The second kappa shape index (κ2) is 5.63. The quantitative estimate of drug-likeness (QED) is 0.741. The normalized spacial score (nSPS) is 10.9. The van der Waals surface area contributed by atoms with Gasteiger partial charge in [0, 0.05) is 6.20 Å². The summed E-state index contributed by atoms with van der Waals surface area (Å²) in [6.45, 7) is 4.26. The second-order valence-electron chi connectivity index (χ2n) is 5.06. The van der Waals surface area contributed by atoms with Crippen molar-refractivity contribution in [3.63, 3.8) is 0 Å². The van der Waals surface area contributed by atoms with Crippen molar-refractivity contribution >= 4 is 0 Å². The molecule has 0 radical (unpaired) electrons. The molecule has 3 aromatic rings. The van der Waals surface area contributed by atoms with Crippen molar-refractivity contribution in [2.75, 3.05) is 7.11 Å². The average Bonchev–Trinajstić information content (AvgIpc) is 3.06. The van der Waals surface area contributed by atoms with E-state index in [0.717, 1.165) is 11.4 Å². The third kappa shape index (κ3) is 2.72. The summed E-state index contributed by atoms with van der Waals surface area (Å²) in [7, 11) is 1.53. The van der Waals surface area contributed by atoms with Gasteiger partial charge in [-0.25, -0.2) is 14.4 Å². The van der Waals surface area contributed by atoms with Gasteiger partial charge in [-0.15, -0.1) is 0 Å². The topological polar surface area (TPSA) is 53.1 Å². The van der Waals surface area contributed by atoms with E-state index >= 15 is 0 Å². The Morgan fingerprint density at radius 1 is 1.32 bits per heavy atom. The molecule has 0 aliphatic rings. The smallest absolute Gasteiger partial charge is 0.229 e. The molecule has 1 aromatic carbocycles. The van der Waals surface area contributed by atoms with E-state index in [2.05, 4.69) is 9.97 Å². The van der Waals surface area contributed by atoms with Crippen molar-refractivity contribution in [3.8, 4) is 17.2 Å². The maximum atomic E-state index is 14.0. The molecule has 0 spiro atoms. The number of aromatic nitrogens is 3. The molecule has 22 heavy (non-hydrogen) atoms. The molecule has 0 unspecified atom stereocenters. The number of aryl methyl sites for hydroxylation is 2. The SMILES string of the molecule is COc1ccc(F)c(-c2nc(Cn3cnc(C)c3)c(C)o2)c1. The number of imidazole rings is 1. The van der Waals surface area contributed by atoms with E-state index in [4.69, 9.17) is 9.15 Å². The third-order valence-electron chi connectivity index (χ3n) is 3.39. The van der Waals surface area contributed by atoms with Crippen LogP contribution < -0.4 is 4.74 Å². The molecule has 3 rings (SSSR count). The fraction of sp³-hybridized carbons (Fsp3) is 0.250. The number of nitrogens with zero attached hydrogens (tertiary/aromatic N) is 3. The van der Waals surface area contributed by atoms with Crippen molar-refractivity contribution < 1.29 is 13.5 Å². The monoisotopic (exact) mass is 301 g/mol. The fourth-order valence-electron chi connectivity index (χ4n) is 2.22. The molecule has 0 atom stereocenters. The maximum Gasteiger partial charge on any atom is 0.229 e. The minimum absolute atomic E-state index is 0.251. The van der Waals surface area contributed by atoms with Crippen LogP contribution in [-0.2, 0) is 6.54 Å². The van der Waals surface area contributed by atoms with Gasteiger partial charge in [-0.1, -0.05) is 0 Å². The largest absolute Gasteiger partial charge is 0.497 e. The van der Waals surface area contributed by atoms with Gasteiger partial charge >= 0.3 is 0 Å². The molecule has 114 valence electrons. The lowest BCUT2D eigenvalue weighted by molar-refractivity contribution is 0.413. The molecule has 2 heterocycles. The number of oxazole rings is 1. The van der Waals surface area contributed by atoms with Gasteiger partial charge in [-0.05, 0) is 32.0 Å². The number of methoxy groups -OCH3 is 1. The predicted molar refractivity (Wildman–Crippen MR) is 79.3 cm³/mol. The zero-order valence-electron chi connectivity index (χ0n) is 12.6. The van der Waals surface area contributed by atoms with Gasteiger partial charge in [0.15, 0.2) is 0 Å². The number of rotatable bonds is 4. The predicted octanol–water partition coefficient (Wildman–Crippen LogP) is 3.35.